The number of allylic oxidation sites excluding steroid dienone is 6. The molecule has 0 aromatic carbocycles. The number of rotatable bonds is 32. The first-order valence-electron chi connectivity index (χ1n) is 17.8. The molecule has 0 fully saturated rings. The average Bonchev–Trinajstić information content (AvgIpc) is 3.00. The maximum Gasteiger partial charge on any atom is 0.469 e. The number of phosphoric ester groups is 1. The molecular formula is C36H65O8P. The fraction of sp³-hybridized carbons (Fsp3) is 0.778. The van der Waals surface area contributed by atoms with Crippen LogP contribution >= 0.6 is 7.82 Å². The van der Waals surface area contributed by atoms with E-state index in [0.717, 1.165) is 57.8 Å². The molecule has 0 amide bonds. The van der Waals surface area contributed by atoms with Crippen LogP contribution in [0.2, 0.25) is 0 Å². The van der Waals surface area contributed by atoms with Crippen LogP contribution in [0, 0.1) is 0 Å². The minimum Gasteiger partial charge on any atom is -0.462 e. The summed E-state index contributed by atoms with van der Waals surface area (Å²) in [7, 11) is -4.75. The quantitative estimate of drug-likeness (QED) is 0.0318. The van der Waals surface area contributed by atoms with Crippen LogP contribution in [-0.4, -0.2) is 41.0 Å². The van der Waals surface area contributed by atoms with Crippen LogP contribution in [0.1, 0.15) is 162 Å². The molecule has 0 radical (unpaired) electrons. The van der Waals surface area contributed by atoms with Gasteiger partial charge >= 0.3 is 19.8 Å². The third-order valence-corrected chi connectivity index (χ3v) is 7.90. The summed E-state index contributed by atoms with van der Waals surface area (Å²) in [5, 5.41) is 0. The van der Waals surface area contributed by atoms with E-state index in [2.05, 4.69) is 54.8 Å². The minimum atomic E-state index is -4.75. The summed E-state index contributed by atoms with van der Waals surface area (Å²) in [5.41, 5.74) is 0. The van der Waals surface area contributed by atoms with Gasteiger partial charge in [-0.3, -0.25) is 14.1 Å². The van der Waals surface area contributed by atoms with Crippen molar-refractivity contribution < 1.29 is 37.9 Å². The van der Waals surface area contributed by atoms with E-state index in [4.69, 9.17) is 19.3 Å². The van der Waals surface area contributed by atoms with Crippen LogP contribution in [0.3, 0.4) is 0 Å². The molecule has 0 aliphatic heterocycles. The Morgan fingerprint density at radius 3 is 1.53 bits per heavy atom. The highest BCUT2D eigenvalue weighted by molar-refractivity contribution is 7.46. The van der Waals surface area contributed by atoms with Gasteiger partial charge in [-0.1, -0.05) is 134 Å². The maximum atomic E-state index is 12.3. The van der Waals surface area contributed by atoms with Gasteiger partial charge in [-0.15, -0.1) is 0 Å². The van der Waals surface area contributed by atoms with E-state index >= 15 is 0 Å². The van der Waals surface area contributed by atoms with Crippen LogP contribution < -0.4 is 0 Å². The van der Waals surface area contributed by atoms with Crippen LogP contribution in [0.4, 0.5) is 0 Å². The predicted octanol–water partition coefficient (Wildman–Crippen LogP) is 10.2. The zero-order chi connectivity index (χ0) is 33.3. The number of phosphoric acid groups is 1. The first-order valence-corrected chi connectivity index (χ1v) is 19.3. The van der Waals surface area contributed by atoms with E-state index in [9.17, 15) is 14.2 Å². The molecule has 0 aromatic rings. The highest BCUT2D eigenvalue weighted by Crippen LogP contribution is 2.35. The van der Waals surface area contributed by atoms with Crippen molar-refractivity contribution in [3.63, 3.8) is 0 Å². The molecule has 262 valence electrons. The van der Waals surface area contributed by atoms with Gasteiger partial charge in [0.1, 0.15) is 6.61 Å². The van der Waals surface area contributed by atoms with Crippen molar-refractivity contribution >= 4 is 19.8 Å². The molecular weight excluding hydrogens is 591 g/mol. The third kappa shape index (κ3) is 35.0. The molecule has 0 spiro atoms. The fourth-order valence-corrected chi connectivity index (χ4v) is 5.09. The Kier molecular flexibility index (Phi) is 31.0. The molecule has 0 aliphatic rings. The number of hydrogen-bond donors (Lipinski definition) is 2. The van der Waals surface area contributed by atoms with Crippen LogP contribution in [0.15, 0.2) is 36.5 Å². The monoisotopic (exact) mass is 656 g/mol. The zero-order valence-corrected chi connectivity index (χ0v) is 29.4. The number of unbranched alkanes of at least 4 members (excludes halogenated alkanes) is 16. The van der Waals surface area contributed by atoms with Gasteiger partial charge in [-0.25, -0.2) is 4.57 Å². The summed E-state index contributed by atoms with van der Waals surface area (Å²) < 4.78 is 26.2. The number of hydrogen-bond acceptors (Lipinski definition) is 6. The molecule has 0 aliphatic carbocycles. The van der Waals surface area contributed by atoms with Crippen molar-refractivity contribution in [2.75, 3.05) is 13.2 Å². The summed E-state index contributed by atoms with van der Waals surface area (Å²) in [5.74, 6) is -0.912. The lowest BCUT2D eigenvalue weighted by Gasteiger charge is -2.18. The Morgan fingerprint density at radius 2 is 1.00 bits per heavy atom. The standard InChI is InChI=1S/C36H65O8P/c1-3-5-7-9-11-13-15-16-17-18-19-20-21-23-25-27-29-31-36(38)44-34(33-43-45(39,40)41)32-42-35(37)30-28-26-24-22-14-12-10-8-6-4-2/h11,13,16-17,19-20,34H,3-10,12,14-15,18,21-33H2,1-2H3,(H2,39,40,41)/b13-11+,17-16+,20-19+/t34-/m1/s1. The van der Waals surface area contributed by atoms with Crippen LogP contribution in [0.5, 0.6) is 0 Å². The number of carbonyl (C=O) groups is 2. The first kappa shape index (κ1) is 43.3. The van der Waals surface area contributed by atoms with Gasteiger partial charge in [0.05, 0.1) is 6.61 Å². The SMILES string of the molecule is CCCCC/C=C/C/C=C/C/C=C/CCCCCCC(=O)O[C@H](COC(=O)CCCCCCCCCCCC)COP(=O)(O)O. The summed E-state index contributed by atoms with van der Waals surface area (Å²) in [6.45, 7) is 3.60. The lowest BCUT2D eigenvalue weighted by Crippen LogP contribution is -2.29. The molecule has 0 unspecified atom stereocenters. The van der Waals surface area contributed by atoms with E-state index in [1.807, 2.05) is 0 Å². The topological polar surface area (TPSA) is 119 Å². The summed E-state index contributed by atoms with van der Waals surface area (Å²) in [6, 6.07) is 0. The van der Waals surface area contributed by atoms with Gasteiger partial charge in [-0.05, 0) is 51.4 Å². The van der Waals surface area contributed by atoms with E-state index in [1.54, 1.807) is 0 Å². The summed E-state index contributed by atoms with van der Waals surface area (Å²) in [4.78, 5) is 42.5. The average molecular weight is 657 g/mol. The lowest BCUT2D eigenvalue weighted by molar-refractivity contribution is -0.161. The highest BCUT2D eigenvalue weighted by atomic mass is 31.2. The molecule has 2 N–H and O–H groups in total. The Hall–Kier alpha value is -1.73. The molecule has 0 aromatic heterocycles. The minimum absolute atomic E-state index is 0.187. The second-order valence-electron chi connectivity index (χ2n) is 11.8. The molecule has 0 bridgehead atoms. The number of ether oxygens (including phenoxy) is 2. The second-order valence-corrected chi connectivity index (χ2v) is 13.1. The van der Waals surface area contributed by atoms with Crippen LogP contribution in [0.25, 0.3) is 0 Å². The molecule has 0 heterocycles. The van der Waals surface area contributed by atoms with Gasteiger partial charge in [0.2, 0.25) is 0 Å². The van der Waals surface area contributed by atoms with Crippen molar-refractivity contribution in [2.45, 2.75) is 168 Å². The van der Waals surface area contributed by atoms with Crippen molar-refractivity contribution in [1.29, 1.82) is 0 Å². The molecule has 45 heavy (non-hydrogen) atoms. The van der Waals surface area contributed by atoms with Crippen molar-refractivity contribution in [2.24, 2.45) is 0 Å². The smallest absolute Gasteiger partial charge is 0.462 e. The largest absolute Gasteiger partial charge is 0.469 e. The summed E-state index contributed by atoms with van der Waals surface area (Å²) >= 11 is 0. The van der Waals surface area contributed by atoms with Crippen LogP contribution in [-0.2, 0) is 28.2 Å². The Balaban J connectivity index is 4.04. The molecule has 9 heteroatoms. The van der Waals surface area contributed by atoms with Gasteiger partial charge in [-0.2, -0.15) is 0 Å². The number of carbonyl (C=O) groups excluding carboxylic acids is 2. The van der Waals surface area contributed by atoms with Gasteiger partial charge < -0.3 is 19.3 Å². The first-order chi connectivity index (χ1) is 21.8. The molecule has 0 saturated carbocycles. The normalized spacial score (nSPS) is 12.9. The molecule has 0 saturated heterocycles. The van der Waals surface area contributed by atoms with E-state index in [0.29, 0.717) is 6.42 Å². The van der Waals surface area contributed by atoms with Crippen molar-refractivity contribution in [1.82, 2.24) is 0 Å². The molecule has 8 nitrogen and oxygen atoms in total. The maximum absolute atomic E-state index is 12.3. The van der Waals surface area contributed by atoms with E-state index in [1.165, 1.54) is 70.6 Å². The third-order valence-electron chi connectivity index (χ3n) is 7.41. The summed E-state index contributed by atoms with van der Waals surface area (Å²) in [6.07, 6.45) is 35.8. The molecule has 1 atom stereocenters. The van der Waals surface area contributed by atoms with E-state index < -0.39 is 32.5 Å². The van der Waals surface area contributed by atoms with Crippen molar-refractivity contribution in [3.8, 4) is 0 Å². The lowest BCUT2D eigenvalue weighted by atomic mass is 10.1. The Bertz CT molecular complexity index is 833. The second kappa shape index (κ2) is 32.2. The van der Waals surface area contributed by atoms with E-state index in [-0.39, 0.29) is 19.4 Å². The van der Waals surface area contributed by atoms with Gasteiger partial charge in [0.25, 0.3) is 0 Å². The Morgan fingerprint density at radius 1 is 0.578 bits per heavy atom. The van der Waals surface area contributed by atoms with Gasteiger partial charge in [0, 0.05) is 12.8 Å². The Labute approximate surface area is 274 Å². The molecule has 0 rings (SSSR count). The van der Waals surface area contributed by atoms with Crippen molar-refractivity contribution in [3.05, 3.63) is 36.5 Å². The number of esters is 2. The zero-order valence-electron chi connectivity index (χ0n) is 28.5. The predicted molar refractivity (Wildman–Crippen MR) is 184 cm³/mol. The van der Waals surface area contributed by atoms with Gasteiger partial charge in [0.15, 0.2) is 6.10 Å². The highest BCUT2D eigenvalue weighted by Gasteiger charge is 2.22. The fourth-order valence-electron chi connectivity index (χ4n) is 4.73.